The van der Waals surface area contributed by atoms with Gasteiger partial charge in [-0.1, -0.05) is 18.2 Å². The minimum atomic E-state index is -0.583. The molecule has 30 heavy (non-hydrogen) atoms. The van der Waals surface area contributed by atoms with Crippen molar-refractivity contribution < 1.29 is 23.5 Å². The van der Waals surface area contributed by atoms with Crippen LogP contribution in [0.5, 0.6) is 0 Å². The molecule has 1 aliphatic rings. The Balaban J connectivity index is 1.72. The van der Waals surface area contributed by atoms with Crippen molar-refractivity contribution in [2.75, 3.05) is 24.5 Å². The molecule has 2 aromatic rings. The first-order valence-electron chi connectivity index (χ1n) is 9.44. The van der Waals surface area contributed by atoms with Gasteiger partial charge >= 0.3 is 6.09 Å². The highest BCUT2D eigenvalue weighted by molar-refractivity contribution is 5.90. The Morgan fingerprint density at radius 3 is 2.77 bits per heavy atom. The first-order valence-corrected chi connectivity index (χ1v) is 9.44. The summed E-state index contributed by atoms with van der Waals surface area (Å²) in [5.74, 6) is -1.15. The summed E-state index contributed by atoms with van der Waals surface area (Å²) in [5, 5.41) is 5.51. The number of cyclic esters (lactones) is 1. The molecule has 2 aromatic carbocycles. The Hall–Kier alpha value is -3.46. The van der Waals surface area contributed by atoms with Crippen LogP contribution in [0.3, 0.4) is 0 Å². The average Bonchev–Trinajstić information content (AvgIpc) is 3.07. The maximum absolute atomic E-state index is 14.8. The largest absolute Gasteiger partial charge is 0.442 e. The lowest BCUT2D eigenvalue weighted by Gasteiger charge is -2.15. The van der Waals surface area contributed by atoms with Crippen molar-refractivity contribution in [3.8, 4) is 11.1 Å². The number of carbonyl (C=O) groups excluding carboxylic acids is 3. The molecule has 9 heteroatoms. The number of nitrogens with one attached hydrogen (secondary N) is 2. The summed E-state index contributed by atoms with van der Waals surface area (Å²) in [7, 11) is 0. The van der Waals surface area contributed by atoms with Crippen LogP contribution in [0.1, 0.15) is 12.5 Å². The molecule has 1 aliphatic heterocycles. The number of nitrogens with two attached hydrogens (primary N) is 1. The van der Waals surface area contributed by atoms with Crippen LogP contribution < -0.4 is 21.3 Å². The molecule has 158 valence electrons. The third-order valence-corrected chi connectivity index (χ3v) is 4.58. The Labute approximate surface area is 173 Å². The first kappa shape index (κ1) is 21.3. The van der Waals surface area contributed by atoms with E-state index < -0.39 is 23.9 Å². The summed E-state index contributed by atoms with van der Waals surface area (Å²) in [6.45, 7) is 2.28. The number of carbonyl (C=O) groups is 3. The smallest absolute Gasteiger partial charge is 0.414 e. The Morgan fingerprint density at radius 1 is 1.27 bits per heavy atom. The molecule has 0 radical (unpaired) electrons. The molecule has 1 atom stereocenters. The van der Waals surface area contributed by atoms with Crippen molar-refractivity contribution >= 4 is 23.6 Å². The summed E-state index contributed by atoms with van der Waals surface area (Å²) >= 11 is 0. The second-order valence-electron chi connectivity index (χ2n) is 6.99. The van der Waals surface area contributed by atoms with Gasteiger partial charge in [0.25, 0.3) is 0 Å². The van der Waals surface area contributed by atoms with Gasteiger partial charge in [-0.05, 0) is 35.4 Å². The fourth-order valence-electron chi connectivity index (χ4n) is 3.18. The highest BCUT2D eigenvalue weighted by atomic mass is 19.1. The number of primary amides is 1. The predicted octanol–water partition coefficient (Wildman–Crippen LogP) is 1.53. The number of benzene rings is 2. The Bertz CT molecular complexity index is 966. The maximum Gasteiger partial charge on any atom is 0.414 e. The van der Waals surface area contributed by atoms with Crippen molar-refractivity contribution in [2.24, 2.45) is 5.73 Å². The third kappa shape index (κ3) is 5.32. The lowest BCUT2D eigenvalue weighted by atomic mass is 10.0. The van der Waals surface area contributed by atoms with Crippen molar-refractivity contribution in [2.45, 2.75) is 19.6 Å². The molecular formula is C21H23FN4O4. The molecule has 0 spiro atoms. The first-order chi connectivity index (χ1) is 14.3. The number of rotatable bonds is 8. The van der Waals surface area contributed by atoms with E-state index in [9.17, 15) is 18.8 Å². The van der Waals surface area contributed by atoms with Crippen molar-refractivity contribution in [1.29, 1.82) is 0 Å². The normalized spacial score (nSPS) is 15.7. The number of hydrogen-bond acceptors (Lipinski definition) is 5. The highest BCUT2D eigenvalue weighted by Gasteiger charge is 2.32. The minimum Gasteiger partial charge on any atom is -0.442 e. The second-order valence-corrected chi connectivity index (χ2v) is 6.99. The van der Waals surface area contributed by atoms with E-state index in [1.807, 2.05) is 12.1 Å². The molecule has 1 heterocycles. The Kier molecular flexibility index (Phi) is 6.63. The molecule has 0 bridgehead atoms. The van der Waals surface area contributed by atoms with E-state index in [-0.39, 0.29) is 25.5 Å². The zero-order chi connectivity index (χ0) is 21.7. The fourth-order valence-corrected chi connectivity index (χ4v) is 3.18. The van der Waals surface area contributed by atoms with Gasteiger partial charge in [0.15, 0.2) is 0 Å². The van der Waals surface area contributed by atoms with Crippen LogP contribution in [0.25, 0.3) is 11.1 Å². The molecular weight excluding hydrogens is 391 g/mol. The summed E-state index contributed by atoms with van der Waals surface area (Å²) < 4.78 is 20.1. The topological polar surface area (TPSA) is 114 Å². The second kappa shape index (κ2) is 9.36. The van der Waals surface area contributed by atoms with Crippen molar-refractivity contribution in [3.05, 3.63) is 53.8 Å². The van der Waals surface area contributed by atoms with E-state index in [1.54, 1.807) is 24.3 Å². The standard InChI is InChI=1S/C21H23FN4O4/c1-13(27)25-10-17-12-26(21(29)30-17)16-5-6-18(19(22)8-16)15-4-2-3-14(7-15)9-24-11-20(23)28/h2-8,17,24H,9-12H2,1H3,(H2,23,28)(H,25,27)/t17-/m0/s1. The summed E-state index contributed by atoms with van der Waals surface area (Å²) in [4.78, 5) is 35.3. The van der Waals surface area contributed by atoms with Gasteiger partial charge in [-0.15, -0.1) is 0 Å². The molecule has 8 nitrogen and oxygen atoms in total. The van der Waals surface area contributed by atoms with E-state index >= 15 is 0 Å². The highest BCUT2D eigenvalue weighted by Crippen LogP contribution is 2.29. The number of hydrogen-bond donors (Lipinski definition) is 3. The number of amides is 3. The van der Waals surface area contributed by atoms with Crippen LogP contribution in [0.4, 0.5) is 14.9 Å². The molecule has 1 saturated heterocycles. The van der Waals surface area contributed by atoms with Gasteiger partial charge in [-0.2, -0.15) is 0 Å². The van der Waals surface area contributed by atoms with E-state index in [2.05, 4.69) is 10.6 Å². The number of anilines is 1. The number of ether oxygens (including phenoxy) is 1. The van der Waals surface area contributed by atoms with Crippen LogP contribution in [0.2, 0.25) is 0 Å². The van der Waals surface area contributed by atoms with Gasteiger partial charge < -0.3 is 21.1 Å². The zero-order valence-electron chi connectivity index (χ0n) is 16.5. The maximum atomic E-state index is 14.8. The zero-order valence-corrected chi connectivity index (χ0v) is 16.5. The van der Waals surface area contributed by atoms with Gasteiger partial charge in [-0.3, -0.25) is 14.5 Å². The predicted molar refractivity (Wildman–Crippen MR) is 109 cm³/mol. The number of nitrogens with zero attached hydrogens (tertiary/aromatic N) is 1. The fraction of sp³-hybridized carbons (Fsp3) is 0.286. The van der Waals surface area contributed by atoms with Crippen LogP contribution in [0, 0.1) is 5.82 Å². The molecule has 0 aliphatic carbocycles. The van der Waals surface area contributed by atoms with E-state index in [4.69, 9.17) is 10.5 Å². The SMILES string of the molecule is CC(=O)NC[C@H]1CN(c2ccc(-c3cccc(CNCC(N)=O)c3)c(F)c2)C(=O)O1. The lowest BCUT2D eigenvalue weighted by molar-refractivity contribution is -0.119. The van der Waals surface area contributed by atoms with Crippen LogP contribution >= 0.6 is 0 Å². The molecule has 0 aromatic heterocycles. The quantitative estimate of drug-likeness (QED) is 0.606. The molecule has 4 N–H and O–H groups in total. The van der Waals surface area contributed by atoms with Crippen molar-refractivity contribution in [1.82, 2.24) is 10.6 Å². The minimum absolute atomic E-state index is 0.0577. The van der Waals surface area contributed by atoms with Crippen molar-refractivity contribution in [3.63, 3.8) is 0 Å². The van der Waals surface area contributed by atoms with Gasteiger partial charge in [-0.25, -0.2) is 9.18 Å². The van der Waals surface area contributed by atoms with E-state index in [0.29, 0.717) is 23.4 Å². The molecule has 0 unspecified atom stereocenters. The molecule has 3 amide bonds. The van der Waals surface area contributed by atoms with Gasteiger partial charge in [0, 0.05) is 19.0 Å². The third-order valence-electron chi connectivity index (χ3n) is 4.58. The molecule has 0 saturated carbocycles. The average molecular weight is 414 g/mol. The molecule has 3 rings (SSSR count). The van der Waals surface area contributed by atoms with Gasteiger partial charge in [0.2, 0.25) is 11.8 Å². The van der Waals surface area contributed by atoms with Crippen LogP contribution in [0.15, 0.2) is 42.5 Å². The van der Waals surface area contributed by atoms with E-state index in [1.165, 1.54) is 17.9 Å². The van der Waals surface area contributed by atoms with E-state index in [0.717, 1.165) is 5.56 Å². The molecule has 1 fully saturated rings. The van der Waals surface area contributed by atoms with Crippen LogP contribution in [-0.2, 0) is 20.9 Å². The summed E-state index contributed by atoms with van der Waals surface area (Å²) in [5.41, 5.74) is 7.42. The monoisotopic (exact) mass is 414 g/mol. The number of halogens is 1. The van der Waals surface area contributed by atoms with Gasteiger partial charge in [0.1, 0.15) is 11.9 Å². The van der Waals surface area contributed by atoms with Gasteiger partial charge in [0.05, 0.1) is 25.3 Å². The summed E-state index contributed by atoms with van der Waals surface area (Å²) in [6.07, 6.45) is -1.08. The summed E-state index contributed by atoms with van der Waals surface area (Å²) in [6, 6.07) is 11.8. The Morgan fingerprint density at radius 2 is 2.07 bits per heavy atom. The van der Waals surface area contributed by atoms with Crippen LogP contribution in [-0.4, -0.2) is 43.6 Å². The lowest BCUT2D eigenvalue weighted by Crippen LogP contribution is -2.33.